The zero-order chi connectivity index (χ0) is 18.3. The lowest BCUT2D eigenvalue weighted by Gasteiger charge is -2.46. The molecule has 1 aromatic heterocycles. The molecule has 0 N–H and O–H groups in total. The van der Waals surface area contributed by atoms with E-state index in [-0.39, 0.29) is 17.8 Å². The summed E-state index contributed by atoms with van der Waals surface area (Å²) in [5.41, 5.74) is 1.13. The van der Waals surface area contributed by atoms with Gasteiger partial charge in [-0.3, -0.25) is 0 Å². The van der Waals surface area contributed by atoms with E-state index in [4.69, 9.17) is 16.3 Å². The first-order valence-corrected chi connectivity index (χ1v) is 9.73. The summed E-state index contributed by atoms with van der Waals surface area (Å²) >= 11 is 6.45. The Kier molecular flexibility index (Phi) is 4.93. The molecule has 0 saturated carbocycles. The van der Waals surface area contributed by atoms with E-state index >= 15 is 0 Å². The van der Waals surface area contributed by atoms with Gasteiger partial charge >= 0.3 is 5.97 Å². The van der Waals surface area contributed by atoms with Crippen molar-refractivity contribution in [2.24, 2.45) is 0 Å². The summed E-state index contributed by atoms with van der Waals surface area (Å²) in [6.07, 6.45) is 5.25. The largest absolute Gasteiger partial charge is 0.459 e. The van der Waals surface area contributed by atoms with Crippen LogP contribution in [0.15, 0.2) is 24.3 Å². The Morgan fingerprint density at radius 3 is 2.65 bits per heavy atom. The van der Waals surface area contributed by atoms with Crippen molar-refractivity contribution in [3.05, 3.63) is 35.0 Å². The van der Waals surface area contributed by atoms with Crippen molar-refractivity contribution >= 4 is 28.5 Å². The minimum absolute atomic E-state index is 0.0756. The normalized spacial score (nSPS) is 26.2. The molecule has 2 bridgehead atoms. The SMILES string of the molecule is CN1[C@@H]2CCC[C@H]1C[C@H](OC(=O)c1c(Cl)n(CCF)c3ccccc13)C2. The van der Waals surface area contributed by atoms with Crippen molar-refractivity contribution in [3.63, 3.8) is 0 Å². The van der Waals surface area contributed by atoms with Crippen LogP contribution >= 0.6 is 11.6 Å². The summed E-state index contributed by atoms with van der Waals surface area (Å²) in [6, 6.07) is 8.40. The Balaban J connectivity index is 1.60. The fraction of sp³-hybridized carbons (Fsp3) is 0.550. The molecule has 0 radical (unpaired) electrons. The van der Waals surface area contributed by atoms with Gasteiger partial charge in [0.05, 0.1) is 12.1 Å². The highest BCUT2D eigenvalue weighted by atomic mass is 35.5. The third-order valence-corrected chi connectivity index (χ3v) is 6.38. The number of rotatable bonds is 4. The molecular formula is C20H24ClFN2O2. The highest BCUT2D eigenvalue weighted by Gasteiger charge is 2.38. The number of ether oxygens (including phenoxy) is 1. The average Bonchev–Trinajstić information content (AvgIpc) is 2.88. The number of benzene rings is 1. The third-order valence-electron chi connectivity index (χ3n) is 5.99. The van der Waals surface area contributed by atoms with Crippen LogP contribution in [0.2, 0.25) is 5.15 Å². The molecule has 4 nitrogen and oxygen atoms in total. The van der Waals surface area contributed by atoms with E-state index in [2.05, 4.69) is 11.9 Å². The van der Waals surface area contributed by atoms with Crippen LogP contribution in [-0.4, -0.2) is 47.3 Å². The predicted octanol–water partition coefficient (Wildman–Crippen LogP) is 4.44. The van der Waals surface area contributed by atoms with Crippen LogP contribution in [0.1, 0.15) is 42.5 Å². The van der Waals surface area contributed by atoms with E-state index in [1.54, 1.807) is 4.57 Å². The number of aryl methyl sites for hydroxylation is 1. The number of alkyl halides is 1. The Hall–Kier alpha value is -1.59. The number of hydrogen-bond donors (Lipinski definition) is 0. The molecule has 0 unspecified atom stereocenters. The van der Waals surface area contributed by atoms with Crippen LogP contribution in [0, 0.1) is 0 Å². The van der Waals surface area contributed by atoms with Crippen molar-refractivity contribution in [1.29, 1.82) is 0 Å². The van der Waals surface area contributed by atoms with Crippen LogP contribution in [0.4, 0.5) is 4.39 Å². The molecule has 2 aliphatic heterocycles. The van der Waals surface area contributed by atoms with Gasteiger partial charge in [-0.25, -0.2) is 9.18 Å². The lowest BCUT2D eigenvalue weighted by atomic mass is 9.83. The van der Waals surface area contributed by atoms with Crippen molar-refractivity contribution in [1.82, 2.24) is 9.47 Å². The lowest BCUT2D eigenvalue weighted by molar-refractivity contribution is -0.0317. The highest BCUT2D eigenvalue weighted by molar-refractivity contribution is 6.35. The Morgan fingerprint density at radius 1 is 1.27 bits per heavy atom. The Labute approximate surface area is 157 Å². The summed E-state index contributed by atoms with van der Waals surface area (Å²) < 4.78 is 20.5. The van der Waals surface area contributed by atoms with Crippen LogP contribution in [0.3, 0.4) is 0 Å². The van der Waals surface area contributed by atoms with Gasteiger partial charge in [0.1, 0.15) is 23.5 Å². The molecule has 1 aromatic carbocycles. The number of carbonyl (C=O) groups excluding carboxylic acids is 1. The van der Waals surface area contributed by atoms with Gasteiger partial charge in [-0.05, 0) is 26.0 Å². The number of para-hydroxylation sites is 1. The van der Waals surface area contributed by atoms with E-state index in [1.165, 1.54) is 6.42 Å². The molecule has 3 heterocycles. The van der Waals surface area contributed by atoms with Crippen LogP contribution < -0.4 is 0 Å². The summed E-state index contributed by atoms with van der Waals surface area (Å²) in [7, 11) is 2.17. The second-order valence-electron chi connectivity index (χ2n) is 7.43. The second-order valence-corrected chi connectivity index (χ2v) is 7.78. The van der Waals surface area contributed by atoms with E-state index in [9.17, 15) is 9.18 Å². The standard InChI is InChI=1S/C20H24ClFN2O2/c1-23-13-5-4-6-14(23)12-15(11-13)26-20(25)18-16-7-2-3-8-17(16)24(10-9-22)19(18)21/h2-3,7-8,13-15H,4-6,9-12H2,1H3/t13-,14+,15-. The summed E-state index contributed by atoms with van der Waals surface area (Å²) in [5.74, 6) is -0.392. The van der Waals surface area contributed by atoms with E-state index in [0.717, 1.165) is 36.6 Å². The number of nitrogens with zero attached hydrogens (tertiary/aromatic N) is 2. The van der Waals surface area contributed by atoms with Crippen LogP contribution in [0.25, 0.3) is 10.9 Å². The predicted molar refractivity (Wildman–Crippen MR) is 101 cm³/mol. The maximum atomic E-state index is 12.9. The van der Waals surface area contributed by atoms with E-state index in [1.807, 2.05) is 24.3 Å². The maximum Gasteiger partial charge on any atom is 0.342 e. The molecule has 6 heteroatoms. The quantitative estimate of drug-likeness (QED) is 0.738. The van der Waals surface area contributed by atoms with Crippen LogP contribution in [0.5, 0.6) is 0 Å². The van der Waals surface area contributed by atoms with E-state index < -0.39 is 12.6 Å². The molecule has 2 aromatic rings. The van der Waals surface area contributed by atoms with Gasteiger partial charge in [-0.15, -0.1) is 0 Å². The second kappa shape index (κ2) is 7.20. The fourth-order valence-corrected chi connectivity index (χ4v) is 5.00. The van der Waals surface area contributed by atoms with Gasteiger partial charge in [-0.2, -0.15) is 0 Å². The number of aromatic nitrogens is 1. The number of esters is 1. The molecule has 2 saturated heterocycles. The maximum absolute atomic E-state index is 12.9. The van der Waals surface area contributed by atoms with Crippen molar-refractivity contribution in [2.45, 2.75) is 56.8 Å². The van der Waals surface area contributed by atoms with E-state index in [0.29, 0.717) is 17.6 Å². The van der Waals surface area contributed by atoms with Gasteiger partial charge < -0.3 is 14.2 Å². The van der Waals surface area contributed by atoms with Crippen LogP contribution in [-0.2, 0) is 11.3 Å². The zero-order valence-electron chi connectivity index (χ0n) is 15.0. The van der Waals surface area contributed by atoms with Gasteiger partial charge in [0.15, 0.2) is 0 Å². The Morgan fingerprint density at radius 2 is 1.96 bits per heavy atom. The van der Waals surface area contributed by atoms with Gasteiger partial charge in [0.25, 0.3) is 0 Å². The van der Waals surface area contributed by atoms with Gasteiger partial charge in [0, 0.05) is 30.3 Å². The summed E-state index contributed by atoms with van der Waals surface area (Å²) in [4.78, 5) is 15.4. The van der Waals surface area contributed by atoms with Crippen molar-refractivity contribution < 1.29 is 13.9 Å². The molecule has 3 atom stereocenters. The molecule has 26 heavy (non-hydrogen) atoms. The fourth-order valence-electron chi connectivity index (χ4n) is 4.64. The van der Waals surface area contributed by atoms with Gasteiger partial charge in [-0.1, -0.05) is 36.2 Å². The number of piperidine rings is 2. The Bertz CT molecular complexity index is 807. The molecule has 2 fully saturated rings. The summed E-state index contributed by atoms with van der Waals surface area (Å²) in [5, 5.41) is 0.992. The molecule has 4 rings (SSSR count). The number of hydrogen-bond acceptors (Lipinski definition) is 3. The van der Waals surface area contributed by atoms with Crippen molar-refractivity contribution in [3.8, 4) is 0 Å². The lowest BCUT2D eigenvalue weighted by Crippen LogP contribution is -2.52. The summed E-state index contributed by atoms with van der Waals surface area (Å²) in [6.45, 7) is -0.407. The van der Waals surface area contributed by atoms with Crippen molar-refractivity contribution in [2.75, 3.05) is 13.7 Å². The molecule has 0 aliphatic carbocycles. The molecular weight excluding hydrogens is 355 g/mol. The number of carbonyl (C=O) groups is 1. The topological polar surface area (TPSA) is 34.5 Å². The first-order chi connectivity index (χ1) is 12.6. The molecule has 0 amide bonds. The van der Waals surface area contributed by atoms with Gasteiger partial charge in [0.2, 0.25) is 0 Å². The first-order valence-electron chi connectivity index (χ1n) is 9.35. The molecule has 0 spiro atoms. The number of halogens is 2. The average molecular weight is 379 g/mol. The third kappa shape index (κ3) is 3.01. The smallest absolute Gasteiger partial charge is 0.342 e. The first kappa shape index (κ1) is 17.8. The highest BCUT2D eigenvalue weighted by Crippen LogP contribution is 2.36. The number of fused-ring (bicyclic) bond motifs is 3. The molecule has 2 aliphatic rings. The monoisotopic (exact) mass is 378 g/mol. The molecule has 140 valence electrons. The zero-order valence-corrected chi connectivity index (χ0v) is 15.7. The minimum atomic E-state index is -0.537. The minimum Gasteiger partial charge on any atom is -0.459 e.